The molecule has 2 heterocycles. The third-order valence-electron chi connectivity index (χ3n) is 4.07. The van der Waals surface area contributed by atoms with Gasteiger partial charge in [-0.05, 0) is 25.0 Å². The minimum atomic E-state index is -0.592. The van der Waals surface area contributed by atoms with Gasteiger partial charge < -0.3 is 9.64 Å². The maximum Gasteiger partial charge on any atom is 0.356 e. The van der Waals surface area contributed by atoms with Crippen LogP contribution in [-0.4, -0.2) is 52.5 Å². The number of nitrogens with zero attached hydrogens (tertiary/aromatic N) is 2. The topological polar surface area (TPSA) is 92.4 Å². The van der Waals surface area contributed by atoms with Crippen LogP contribution in [0.1, 0.15) is 44.2 Å². The number of benzene rings is 1. The lowest BCUT2D eigenvalue weighted by atomic mass is 10.1. The second-order valence-electron chi connectivity index (χ2n) is 5.55. The highest BCUT2D eigenvalue weighted by atomic mass is 16.5. The van der Waals surface area contributed by atoms with E-state index in [1.807, 2.05) is 6.07 Å². The van der Waals surface area contributed by atoms with Crippen molar-refractivity contribution >= 4 is 17.7 Å². The molecule has 2 aromatic rings. The van der Waals surface area contributed by atoms with Gasteiger partial charge in [-0.25, -0.2) is 4.79 Å². The van der Waals surface area contributed by atoms with Crippen LogP contribution in [0, 0.1) is 0 Å². The van der Waals surface area contributed by atoms with Crippen LogP contribution in [0.5, 0.6) is 0 Å². The zero-order valence-electron chi connectivity index (χ0n) is 13.2. The average molecular weight is 327 g/mol. The van der Waals surface area contributed by atoms with Gasteiger partial charge in [0.15, 0.2) is 0 Å². The number of likely N-dealkylation sites (tertiary alicyclic amines) is 1. The number of Topliss-reactive ketones (excluding diaryl/α,β-unsaturated/α-hetero) is 1. The van der Waals surface area contributed by atoms with Crippen LogP contribution < -0.4 is 0 Å². The molecule has 0 unspecified atom stereocenters. The number of H-pyrrole nitrogens is 1. The summed E-state index contributed by atoms with van der Waals surface area (Å²) in [6.45, 7) is 0.526. The number of rotatable bonds is 4. The Morgan fingerprint density at radius 1 is 1.25 bits per heavy atom. The number of ether oxygens (including phenoxy) is 1. The molecule has 1 saturated heterocycles. The quantitative estimate of drug-likeness (QED) is 0.681. The van der Waals surface area contributed by atoms with E-state index in [1.165, 1.54) is 13.2 Å². The van der Waals surface area contributed by atoms with E-state index in [2.05, 4.69) is 14.9 Å². The summed E-state index contributed by atoms with van der Waals surface area (Å²) in [5, 5.41) is 6.37. The summed E-state index contributed by atoms with van der Waals surface area (Å²) in [5.41, 5.74) is 0.794. The Hall–Kier alpha value is -2.96. The number of esters is 1. The van der Waals surface area contributed by atoms with E-state index in [4.69, 9.17) is 0 Å². The maximum absolute atomic E-state index is 12.7. The number of aromatic amines is 1. The first kappa shape index (κ1) is 15.9. The first-order valence-corrected chi connectivity index (χ1v) is 7.65. The summed E-state index contributed by atoms with van der Waals surface area (Å²) >= 11 is 0. The molecule has 124 valence electrons. The van der Waals surface area contributed by atoms with Crippen LogP contribution in [0.15, 0.2) is 36.4 Å². The molecule has 0 aliphatic carbocycles. The van der Waals surface area contributed by atoms with E-state index >= 15 is 0 Å². The number of carbonyl (C=O) groups excluding carboxylic acids is 3. The Morgan fingerprint density at radius 2 is 2.00 bits per heavy atom. The van der Waals surface area contributed by atoms with Gasteiger partial charge in [-0.3, -0.25) is 14.7 Å². The predicted molar refractivity (Wildman–Crippen MR) is 84.8 cm³/mol. The number of hydrogen-bond donors (Lipinski definition) is 1. The number of ketones is 1. The Labute approximate surface area is 138 Å². The summed E-state index contributed by atoms with van der Waals surface area (Å²) in [6, 6.07) is 9.66. The molecule has 1 aromatic heterocycles. The zero-order valence-corrected chi connectivity index (χ0v) is 13.2. The van der Waals surface area contributed by atoms with Crippen molar-refractivity contribution in [3.8, 4) is 0 Å². The van der Waals surface area contributed by atoms with Crippen LogP contribution in [0.3, 0.4) is 0 Å². The van der Waals surface area contributed by atoms with E-state index < -0.39 is 12.0 Å². The molecule has 1 N–H and O–H groups in total. The van der Waals surface area contributed by atoms with Gasteiger partial charge >= 0.3 is 5.97 Å². The first-order chi connectivity index (χ1) is 11.6. The minimum Gasteiger partial charge on any atom is -0.464 e. The molecule has 0 bridgehead atoms. The van der Waals surface area contributed by atoms with Crippen molar-refractivity contribution in [2.24, 2.45) is 0 Å². The lowest BCUT2D eigenvalue weighted by Gasteiger charge is -2.23. The summed E-state index contributed by atoms with van der Waals surface area (Å²) in [7, 11) is 1.25. The molecule has 1 atom stereocenters. The monoisotopic (exact) mass is 327 g/mol. The Kier molecular flexibility index (Phi) is 4.41. The first-order valence-electron chi connectivity index (χ1n) is 7.65. The Bertz CT molecular complexity index is 769. The fourth-order valence-electron chi connectivity index (χ4n) is 2.86. The fourth-order valence-corrected chi connectivity index (χ4v) is 2.86. The third-order valence-corrected chi connectivity index (χ3v) is 4.07. The molecule has 0 spiro atoms. The highest BCUT2D eigenvalue weighted by Crippen LogP contribution is 2.23. The van der Waals surface area contributed by atoms with Crippen molar-refractivity contribution in [1.82, 2.24) is 15.1 Å². The largest absolute Gasteiger partial charge is 0.464 e. The normalized spacial score (nSPS) is 16.9. The molecule has 1 fully saturated rings. The van der Waals surface area contributed by atoms with Gasteiger partial charge in [-0.2, -0.15) is 5.10 Å². The number of methoxy groups -OCH3 is 1. The smallest absolute Gasteiger partial charge is 0.356 e. The predicted octanol–water partition coefficient (Wildman–Crippen LogP) is 1.68. The van der Waals surface area contributed by atoms with Gasteiger partial charge in [0, 0.05) is 18.2 Å². The molecule has 1 aliphatic heterocycles. The van der Waals surface area contributed by atoms with Crippen molar-refractivity contribution < 1.29 is 19.1 Å². The van der Waals surface area contributed by atoms with E-state index in [9.17, 15) is 14.4 Å². The number of aromatic nitrogens is 2. The Morgan fingerprint density at radius 3 is 2.71 bits per heavy atom. The van der Waals surface area contributed by atoms with Gasteiger partial charge in [0.1, 0.15) is 11.4 Å². The second kappa shape index (κ2) is 6.66. The molecule has 24 heavy (non-hydrogen) atoms. The van der Waals surface area contributed by atoms with Crippen molar-refractivity contribution in [2.45, 2.75) is 18.9 Å². The molecule has 3 rings (SSSR count). The van der Waals surface area contributed by atoms with Crippen LogP contribution in [0.2, 0.25) is 0 Å². The van der Waals surface area contributed by atoms with Gasteiger partial charge in [0.05, 0.1) is 13.2 Å². The molecule has 1 amide bonds. The van der Waals surface area contributed by atoms with Gasteiger partial charge in [0.2, 0.25) is 5.78 Å². The van der Waals surface area contributed by atoms with Crippen LogP contribution in [0.4, 0.5) is 0 Å². The van der Waals surface area contributed by atoms with Crippen LogP contribution in [0.25, 0.3) is 0 Å². The number of carbonyl (C=O) groups is 3. The van der Waals surface area contributed by atoms with Crippen LogP contribution in [-0.2, 0) is 4.74 Å². The molecular weight excluding hydrogens is 310 g/mol. The van der Waals surface area contributed by atoms with E-state index in [1.54, 1.807) is 29.2 Å². The SMILES string of the molecule is COC(=O)c1cc(C(=O)[C@@H]2CCCN2C(=O)c2ccccc2)n[nH]1. The lowest BCUT2D eigenvalue weighted by molar-refractivity contribution is 0.0593. The average Bonchev–Trinajstić information content (AvgIpc) is 3.30. The highest BCUT2D eigenvalue weighted by Gasteiger charge is 2.36. The standard InChI is InChI=1S/C17H17N3O4/c1-24-17(23)13-10-12(18-19-13)15(21)14-8-5-9-20(14)16(22)11-6-3-2-4-7-11/h2-4,6-7,10,14H,5,8-9H2,1H3,(H,18,19)/t14-/m0/s1. The number of amides is 1. The molecular formula is C17H17N3O4. The third kappa shape index (κ3) is 2.92. The van der Waals surface area contributed by atoms with Crippen molar-refractivity contribution in [3.05, 3.63) is 53.3 Å². The van der Waals surface area contributed by atoms with E-state index in [-0.39, 0.29) is 23.1 Å². The summed E-state index contributed by atoms with van der Waals surface area (Å²) in [5.74, 6) is -1.04. The van der Waals surface area contributed by atoms with Crippen molar-refractivity contribution in [3.63, 3.8) is 0 Å². The Balaban J connectivity index is 1.80. The van der Waals surface area contributed by atoms with Crippen molar-refractivity contribution in [1.29, 1.82) is 0 Å². The fraction of sp³-hybridized carbons (Fsp3) is 0.294. The highest BCUT2D eigenvalue weighted by molar-refractivity contribution is 6.04. The zero-order chi connectivity index (χ0) is 17.1. The van der Waals surface area contributed by atoms with Gasteiger partial charge in [-0.15, -0.1) is 0 Å². The van der Waals surface area contributed by atoms with Crippen LogP contribution >= 0.6 is 0 Å². The second-order valence-corrected chi connectivity index (χ2v) is 5.55. The molecule has 1 aromatic carbocycles. The number of hydrogen-bond acceptors (Lipinski definition) is 5. The molecule has 7 heteroatoms. The van der Waals surface area contributed by atoms with E-state index in [0.29, 0.717) is 18.5 Å². The molecule has 1 aliphatic rings. The maximum atomic E-state index is 12.7. The van der Waals surface area contributed by atoms with Gasteiger partial charge in [-0.1, -0.05) is 18.2 Å². The number of nitrogens with one attached hydrogen (secondary N) is 1. The minimum absolute atomic E-state index is 0.111. The summed E-state index contributed by atoms with van der Waals surface area (Å²) in [6.07, 6.45) is 1.33. The lowest BCUT2D eigenvalue weighted by Crippen LogP contribution is -2.40. The molecule has 7 nitrogen and oxygen atoms in total. The van der Waals surface area contributed by atoms with Gasteiger partial charge in [0.25, 0.3) is 5.91 Å². The molecule has 0 radical (unpaired) electrons. The van der Waals surface area contributed by atoms with Crippen molar-refractivity contribution in [2.75, 3.05) is 13.7 Å². The summed E-state index contributed by atoms with van der Waals surface area (Å²) in [4.78, 5) is 38.3. The van der Waals surface area contributed by atoms with E-state index in [0.717, 1.165) is 6.42 Å². The summed E-state index contributed by atoms with van der Waals surface area (Å²) < 4.78 is 4.59. The molecule has 0 saturated carbocycles.